The number of hydrogen-bond donors (Lipinski definition) is 0. The van der Waals surface area contributed by atoms with Gasteiger partial charge in [0, 0.05) is 24.9 Å². The molecule has 0 N–H and O–H groups in total. The van der Waals surface area contributed by atoms with Gasteiger partial charge in [0.05, 0.1) is 22.5 Å². The summed E-state index contributed by atoms with van der Waals surface area (Å²) in [6.45, 7) is 0.587. The molecule has 1 aliphatic carbocycles. The van der Waals surface area contributed by atoms with Gasteiger partial charge >= 0.3 is 0 Å². The van der Waals surface area contributed by atoms with E-state index in [1.165, 1.54) is 0 Å². The van der Waals surface area contributed by atoms with E-state index in [9.17, 15) is 10.1 Å². The number of rotatable bonds is 2. The number of aromatic nitrogens is 1. The Morgan fingerprint density at radius 3 is 2.89 bits per heavy atom. The van der Waals surface area contributed by atoms with Gasteiger partial charge in [-0.3, -0.25) is 9.78 Å². The first-order valence-electron chi connectivity index (χ1n) is 5.93. The summed E-state index contributed by atoms with van der Waals surface area (Å²) >= 11 is 5.94. The molecule has 0 radical (unpaired) electrons. The molecule has 5 heteroatoms. The number of carbonyl (C=O) groups is 1. The highest BCUT2D eigenvalue weighted by Gasteiger charge is 2.61. The summed E-state index contributed by atoms with van der Waals surface area (Å²) in [5.74, 6) is -0.128. The van der Waals surface area contributed by atoms with E-state index in [1.54, 1.807) is 17.3 Å². The number of amides is 1. The average molecular weight is 262 g/mol. The van der Waals surface area contributed by atoms with Crippen molar-refractivity contribution in [1.82, 2.24) is 9.88 Å². The van der Waals surface area contributed by atoms with Crippen LogP contribution in [0.4, 0.5) is 0 Å². The Morgan fingerprint density at radius 1 is 1.56 bits per heavy atom. The first-order chi connectivity index (χ1) is 8.71. The molecule has 92 valence electrons. The van der Waals surface area contributed by atoms with Crippen LogP contribution in [-0.4, -0.2) is 28.4 Å². The van der Waals surface area contributed by atoms with Crippen LogP contribution < -0.4 is 0 Å². The molecule has 1 aliphatic heterocycles. The van der Waals surface area contributed by atoms with Gasteiger partial charge in [-0.15, -0.1) is 0 Å². The molecular weight excluding hydrogens is 250 g/mol. The summed E-state index contributed by atoms with van der Waals surface area (Å²) in [7, 11) is 0. The van der Waals surface area contributed by atoms with Gasteiger partial charge in [-0.1, -0.05) is 11.6 Å². The van der Waals surface area contributed by atoms with Gasteiger partial charge in [0.2, 0.25) is 6.41 Å². The molecular formula is C13H12ClN3O. The van der Waals surface area contributed by atoms with Crippen LogP contribution in [0.15, 0.2) is 18.5 Å². The standard InChI is InChI=1S/C13H12ClN3O/c14-10-3-9(5-16-6-10)11-7-17(8-18)13(1-2-13)12(11)4-15/h3,5-6,8,11-12H,1-2,7H2/t11-,12?/m0/s1. The molecule has 1 spiro atoms. The first-order valence-corrected chi connectivity index (χ1v) is 6.31. The topological polar surface area (TPSA) is 57.0 Å². The van der Waals surface area contributed by atoms with Gasteiger partial charge in [0.1, 0.15) is 0 Å². The second-order valence-electron chi connectivity index (χ2n) is 5.01. The van der Waals surface area contributed by atoms with Crippen molar-refractivity contribution in [2.24, 2.45) is 5.92 Å². The van der Waals surface area contributed by atoms with E-state index in [4.69, 9.17) is 11.6 Å². The second kappa shape index (κ2) is 3.96. The van der Waals surface area contributed by atoms with Gasteiger partial charge in [-0.05, 0) is 24.5 Å². The Balaban J connectivity index is 1.98. The Morgan fingerprint density at radius 2 is 2.33 bits per heavy atom. The lowest BCUT2D eigenvalue weighted by Gasteiger charge is -2.20. The van der Waals surface area contributed by atoms with Crippen molar-refractivity contribution in [3.8, 4) is 6.07 Å². The molecule has 1 aromatic heterocycles. The molecule has 1 saturated carbocycles. The fourth-order valence-corrected chi connectivity index (χ4v) is 3.25. The molecule has 1 amide bonds. The number of nitrogens with zero attached hydrogens (tertiary/aromatic N) is 3. The number of carbonyl (C=O) groups excluding carboxylic acids is 1. The van der Waals surface area contributed by atoms with Gasteiger partial charge in [0.25, 0.3) is 0 Å². The van der Waals surface area contributed by atoms with Crippen LogP contribution in [0.2, 0.25) is 5.02 Å². The maximum Gasteiger partial charge on any atom is 0.210 e. The summed E-state index contributed by atoms with van der Waals surface area (Å²) < 4.78 is 0. The average Bonchev–Trinajstić information content (AvgIpc) is 3.07. The fourth-order valence-electron chi connectivity index (χ4n) is 3.07. The maximum atomic E-state index is 11.1. The van der Waals surface area contributed by atoms with E-state index < -0.39 is 0 Å². The number of likely N-dealkylation sites (tertiary alicyclic amines) is 1. The van der Waals surface area contributed by atoms with Crippen LogP contribution in [0.3, 0.4) is 0 Å². The van der Waals surface area contributed by atoms with Crippen LogP contribution in [-0.2, 0) is 4.79 Å². The van der Waals surface area contributed by atoms with E-state index in [0.717, 1.165) is 24.8 Å². The SMILES string of the molecule is N#CC1[C@H](c2cncc(Cl)c2)CN(C=O)C12CC2. The van der Waals surface area contributed by atoms with E-state index >= 15 is 0 Å². The Kier molecular flexibility index (Phi) is 2.53. The molecule has 2 fully saturated rings. The molecule has 2 aliphatic rings. The molecule has 0 aromatic carbocycles. The van der Waals surface area contributed by atoms with Crippen molar-refractivity contribution in [3.05, 3.63) is 29.0 Å². The van der Waals surface area contributed by atoms with Crippen LogP contribution in [0.5, 0.6) is 0 Å². The van der Waals surface area contributed by atoms with Crippen molar-refractivity contribution in [1.29, 1.82) is 5.26 Å². The molecule has 1 unspecified atom stereocenters. The number of pyridine rings is 1. The highest BCUT2D eigenvalue weighted by molar-refractivity contribution is 6.30. The second-order valence-corrected chi connectivity index (χ2v) is 5.45. The van der Waals surface area contributed by atoms with Gasteiger partial charge in [-0.2, -0.15) is 5.26 Å². The molecule has 1 aromatic rings. The van der Waals surface area contributed by atoms with Crippen molar-refractivity contribution in [3.63, 3.8) is 0 Å². The molecule has 2 atom stereocenters. The number of halogens is 1. The minimum absolute atomic E-state index is 0.0221. The highest BCUT2D eigenvalue weighted by atomic mass is 35.5. The maximum absolute atomic E-state index is 11.1. The van der Waals surface area contributed by atoms with E-state index in [-0.39, 0.29) is 17.4 Å². The predicted octanol–water partition coefficient (Wildman–Crippen LogP) is 1.96. The lowest BCUT2D eigenvalue weighted by molar-refractivity contribution is -0.119. The van der Waals surface area contributed by atoms with Gasteiger partial charge in [0.15, 0.2) is 0 Å². The van der Waals surface area contributed by atoms with Crippen molar-refractivity contribution < 1.29 is 4.79 Å². The third-order valence-electron chi connectivity index (χ3n) is 4.13. The zero-order chi connectivity index (χ0) is 12.8. The smallest absolute Gasteiger partial charge is 0.210 e. The lowest BCUT2D eigenvalue weighted by Crippen LogP contribution is -2.33. The lowest BCUT2D eigenvalue weighted by atomic mass is 9.86. The quantitative estimate of drug-likeness (QED) is 0.765. The fraction of sp³-hybridized carbons (Fsp3) is 0.462. The predicted molar refractivity (Wildman–Crippen MR) is 65.8 cm³/mol. The Labute approximate surface area is 110 Å². The summed E-state index contributed by atoms with van der Waals surface area (Å²) in [4.78, 5) is 17.0. The molecule has 2 heterocycles. The van der Waals surface area contributed by atoms with Crippen LogP contribution in [0, 0.1) is 17.2 Å². The third-order valence-corrected chi connectivity index (χ3v) is 4.34. The van der Waals surface area contributed by atoms with Crippen LogP contribution in [0.1, 0.15) is 24.3 Å². The Hall–Kier alpha value is -1.60. The summed E-state index contributed by atoms with van der Waals surface area (Å²) in [5.41, 5.74) is 0.730. The highest BCUT2D eigenvalue weighted by Crippen LogP contribution is 2.56. The minimum atomic E-state index is -0.219. The van der Waals surface area contributed by atoms with Crippen LogP contribution >= 0.6 is 11.6 Å². The molecule has 0 bridgehead atoms. The van der Waals surface area contributed by atoms with Gasteiger partial charge in [-0.25, -0.2) is 0 Å². The number of nitriles is 1. The van der Waals surface area contributed by atoms with E-state index in [1.807, 2.05) is 6.07 Å². The summed E-state index contributed by atoms with van der Waals surface area (Å²) in [6.07, 6.45) is 6.04. The van der Waals surface area contributed by atoms with Gasteiger partial charge < -0.3 is 4.90 Å². The van der Waals surface area contributed by atoms with E-state index in [2.05, 4.69) is 11.1 Å². The zero-order valence-electron chi connectivity index (χ0n) is 9.71. The molecule has 18 heavy (non-hydrogen) atoms. The molecule has 3 rings (SSSR count). The van der Waals surface area contributed by atoms with Crippen molar-refractivity contribution in [2.45, 2.75) is 24.3 Å². The zero-order valence-corrected chi connectivity index (χ0v) is 10.5. The monoisotopic (exact) mass is 261 g/mol. The Bertz CT molecular complexity index is 535. The summed E-state index contributed by atoms with van der Waals surface area (Å²) in [6, 6.07) is 4.22. The molecule has 1 saturated heterocycles. The van der Waals surface area contributed by atoms with Crippen molar-refractivity contribution in [2.75, 3.05) is 6.54 Å². The van der Waals surface area contributed by atoms with Crippen LogP contribution in [0.25, 0.3) is 0 Å². The third kappa shape index (κ3) is 1.51. The van der Waals surface area contributed by atoms with E-state index in [0.29, 0.717) is 11.6 Å². The number of hydrogen-bond acceptors (Lipinski definition) is 3. The van der Waals surface area contributed by atoms with Crippen molar-refractivity contribution >= 4 is 18.0 Å². The largest absolute Gasteiger partial charge is 0.338 e. The first kappa shape index (κ1) is 11.5. The molecule has 4 nitrogen and oxygen atoms in total. The minimum Gasteiger partial charge on any atom is -0.338 e. The summed E-state index contributed by atoms with van der Waals surface area (Å²) in [5, 5.41) is 9.98. The normalized spacial score (nSPS) is 28.1.